The lowest BCUT2D eigenvalue weighted by atomic mass is 9.95. The van der Waals surface area contributed by atoms with E-state index in [1.165, 1.54) is 0 Å². The maximum Gasteiger partial charge on any atom is 0.162 e. The number of rotatable bonds is 2. The molecule has 0 aromatic rings. The van der Waals surface area contributed by atoms with Gasteiger partial charge in [-0.2, -0.15) is 0 Å². The van der Waals surface area contributed by atoms with Crippen LogP contribution in [0.2, 0.25) is 0 Å². The molecule has 1 aliphatic rings. The van der Waals surface area contributed by atoms with E-state index < -0.39 is 0 Å². The fourth-order valence-electron chi connectivity index (χ4n) is 1.30. The molecular formula is C9H17N3O2. The monoisotopic (exact) mass is 199 g/mol. The van der Waals surface area contributed by atoms with Crippen LogP contribution in [0.1, 0.15) is 27.2 Å². The summed E-state index contributed by atoms with van der Waals surface area (Å²) >= 11 is 0. The van der Waals surface area contributed by atoms with Crippen molar-refractivity contribution in [3.8, 4) is 0 Å². The van der Waals surface area contributed by atoms with Crippen molar-refractivity contribution in [2.75, 3.05) is 13.2 Å². The zero-order valence-electron chi connectivity index (χ0n) is 8.93. The molecule has 80 valence electrons. The lowest BCUT2D eigenvalue weighted by Gasteiger charge is -2.37. The first kappa shape index (κ1) is 11.3. The quantitative estimate of drug-likeness (QED) is 0.389. The topological polar surface area (TPSA) is 67.2 Å². The van der Waals surface area contributed by atoms with Crippen molar-refractivity contribution in [3.05, 3.63) is 10.4 Å². The third-order valence-corrected chi connectivity index (χ3v) is 2.08. The van der Waals surface area contributed by atoms with Crippen LogP contribution in [0.15, 0.2) is 5.11 Å². The van der Waals surface area contributed by atoms with Gasteiger partial charge in [-0.05, 0) is 12.0 Å². The van der Waals surface area contributed by atoms with Gasteiger partial charge in [-0.1, -0.05) is 25.9 Å². The number of hydrogen-bond acceptors (Lipinski definition) is 3. The van der Waals surface area contributed by atoms with Crippen LogP contribution in [0, 0.1) is 5.41 Å². The van der Waals surface area contributed by atoms with Gasteiger partial charge in [0.25, 0.3) is 0 Å². The van der Waals surface area contributed by atoms with Gasteiger partial charge in [-0.3, -0.25) is 0 Å². The highest BCUT2D eigenvalue weighted by atomic mass is 16.7. The van der Waals surface area contributed by atoms with E-state index in [0.29, 0.717) is 13.2 Å². The lowest BCUT2D eigenvalue weighted by Crippen LogP contribution is -2.41. The molecule has 0 aromatic carbocycles. The van der Waals surface area contributed by atoms with Gasteiger partial charge in [-0.15, -0.1) is 0 Å². The van der Waals surface area contributed by atoms with E-state index in [4.69, 9.17) is 15.0 Å². The highest BCUT2D eigenvalue weighted by molar-refractivity contribution is 4.74. The molecule has 2 atom stereocenters. The smallest absolute Gasteiger partial charge is 0.162 e. The highest BCUT2D eigenvalue weighted by Gasteiger charge is 2.32. The molecule has 14 heavy (non-hydrogen) atoms. The van der Waals surface area contributed by atoms with E-state index in [0.717, 1.165) is 6.42 Å². The van der Waals surface area contributed by atoms with Crippen LogP contribution in [-0.2, 0) is 9.47 Å². The predicted molar refractivity (Wildman–Crippen MR) is 52.7 cm³/mol. The van der Waals surface area contributed by atoms with Crippen LogP contribution in [-0.4, -0.2) is 25.5 Å². The van der Waals surface area contributed by atoms with Crippen molar-refractivity contribution in [2.45, 2.75) is 39.6 Å². The van der Waals surface area contributed by atoms with Gasteiger partial charge in [0.1, 0.15) is 0 Å². The first-order valence-electron chi connectivity index (χ1n) is 4.82. The average Bonchev–Trinajstić information content (AvgIpc) is 2.14. The highest BCUT2D eigenvalue weighted by Crippen LogP contribution is 2.28. The molecule has 5 heteroatoms. The summed E-state index contributed by atoms with van der Waals surface area (Å²) < 4.78 is 11.2. The van der Waals surface area contributed by atoms with E-state index in [1.54, 1.807) is 0 Å². The third-order valence-electron chi connectivity index (χ3n) is 2.08. The van der Waals surface area contributed by atoms with Gasteiger partial charge in [0, 0.05) is 10.3 Å². The Morgan fingerprint density at radius 1 is 1.50 bits per heavy atom. The van der Waals surface area contributed by atoms with Gasteiger partial charge in [0.05, 0.1) is 19.3 Å². The largest absolute Gasteiger partial charge is 0.352 e. The summed E-state index contributed by atoms with van der Waals surface area (Å²) in [6, 6.07) is 0. The first-order chi connectivity index (χ1) is 6.54. The molecule has 0 amide bonds. The Morgan fingerprint density at radius 2 is 2.21 bits per heavy atom. The maximum atomic E-state index is 8.19. The Bertz CT molecular complexity index is 231. The number of hydrogen-bond donors (Lipinski definition) is 0. The van der Waals surface area contributed by atoms with Crippen molar-refractivity contribution in [1.29, 1.82) is 0 Å². The second-order valence-electron chi connectivity index (χ2n) is 4.53. The predicted octanol–water partition coefficient (Wildman–Crippen LogP) is 2.47. The molecule has 0 spiro atoms. The van der Waals surface area contributed by atoms with Crippen molar-refractivity contribution >= 4 is 0 Å². The molecule has 0 aromatic heterocycles. The molecule has 1 fully saturated rings. The minimum absolute atomic E-state index is 0.00359. The summed E-state index contributed by atoms with van der Waals surface area (Å²) in [7, 11) is 0. The molecule has 0 saturated carbocycles. The van der Waals surface area contributed by atoms with Gasteiger partial charge >= 0.3 is 0 Å². The van der Waals surface area contributed by atoms with Gasteiger partial charge < -0.3 is 9.47 Å². The second kappa shape index (κ2) is 4.64. The number of nitrogens with zero attached hydrogens (tertiary/aromatic N) is 3. The number of azide groups is 1. The average molecular weight is 199 g/mol. The minimum Gasteiger partial charge on any atom is -0.352 e. The summed E-state index contributed by atoms with van der Waals surface area (Å²) in [4.78, 5) is 2.72. The Hall–Kier alpha value is -0.770. The Balaban J connectivity index is 2.47. The van der Waals surface area contributed by atoms with E-state index in [1.807, 2.05) is 0 Å². The normalized spacial score (nSPS) is 28.2. The Labute approximate surface area is 84.0 Å². The van der Waals surface area contributed by atoms with Gasteiger partial charge in [0.2, 0.25) is 0 Å². The van der Waals surface area contributed by atoms with Crippen LogP contribution < -0.4 is 0 Å². The first-order valence-corrected chi connectivity index (χ1v) is 4.82. The summed E-state index contributed by atoms with van der Waals surface area (Å²) in [6.45, 7) is 7.26. The van der Waals surface area contributed by atoms with Crippen LogP contribution in [0.4, 0.5) is 0 Å². The van der Waals surface area contributed by atoms with Crippen LogP contribution in [0.25, 0.3) is 10.4 Å². The molecule has 1 heterocycles. The van der Waals surface area contributed by atoms with Crippen molar-refractivity contribution in [1.82, 2.24) is 0 Å². The fraction of sp³-hybridized carbons (Fsp3) is 1.00. The van der Waals surface area contributed by atoms with Crippen LogP contribution in [0.3, 0.4) is 0 Å². The lowest BCUT2D eigenvalue weighted by molar-refractivity contribution is -0.250. The summed E-state index contributed by atoms with van der Waals surface area (Å²) in [5.41, 5.74) is 8.16. The van der Waals surface area contributed by atoms with Gasteiger partial charge in [0.15, 0.2) is 6.29 Å². The van der Waals surface area contributed by atoms with Crippen molar-refractivity contribution < 1.29 is 9.47 Å². The zero-order valence-corrected chi connectivity index (χ0v) is 8.93. The molecule has 1 aliphatic heterocycles. The SMILES string of the molecule is CC(C)(C)C1OCCC(CN=[N+]=[N-])O1. The van der Waals surface area contributed by atoms with Crippen LogP contribution >= 0.6 is 0 Å². The zero-order chi connectivity index (χ0) is 10.6. The molecule has 0 aliphatic carbocycles. The minimum atomic E-state index is -0.199. The molecule has 0 radical (unpaired) electrons. The number of ether oxygens (including phenoxy) is 2. The van der Waals surface area contributed by atoms with E-state index in [-0.39, 0.29) is 17.8 Å². The van der Waals surface area contributed by atoms with Gasteiger partial charge in [-0.25, -0.2) is 0 Å². The molecule has 1 saturated heterocycles. The summed E-state index contributed by atoms with van der Waals surface area (Å²) in [5, 5.41) is 3.51. The van der Waals surface area contributed by atoms with E-state index >= 15 is 0 Å². The van der Waals surface area contributed by atoms with E-state index in [9.17, 15) is 0 Å². The third kappa shape index (κ3) is 3.18. The standard InChI is InChI=1S/C9H17N3O2/c1-9(2,3)8-13-5-4-7(14-8)6-11-12-10/h7-8H,4-6H2,1-3H3. The molecule has 2 unspecified atom stereocenters. The molecular weight excluding hydrogens is 182 g/mol. The fourth-order valence-corrected chi connectivity index (χ4v) is 1.30. The molecule has 0 N–H and O–H groups in total. The van der Waals surface area contributed by atoms with Crippen molar-refractivity contribution in [3.63, 3.8) is 0 Å². The molecule has 5 nitrogen and oxygen atoms in total. The molecule has 0 bridgehead atoms. The van der Waals surface area contributed by atoms with E-state index in [2.05, 4.69) is 30.8 Å². The van der Waals surface area contributed by atoms with Crippen molar-refractivity contribution in [2.24, 2.45) is 10.5 Å². The summed E-state index contributed by atoms with van der Waals surface area (Å²) in [5.74, 6) is 0. The Morgan fingerprint density at radius 3 is 2.79 bits per heavy atom. The maximum absolute atomic E-state index is 8.19. The second-order valence-corrected chi connectivity index (χ2v) is 4.53. The summed E-state index contributed by atoms with van der Waals surface area (Å²) in [6.07, 6.45) is 0.602. The molecule has 1 rings (SSSR count). The van der Waals surface area contributed by atoms with Crippen LogP contribution in [0.5, 0.6) is 0 Å². The Kier molecular flexibility index (Phi) is 3.75.